The third kappa shape index (κ3) is 40.6. The standard InChI is InChI=1S/C9H14O2Si.C8H22N2O2Si.C6H17NO2Si.C6H14O2Si.C6H12O2Si.C5H12O2Si.C4H12O2Si/c1-10-12(3,11-2)9-7-5-4-6-8-9;1-11-13(3,12-2)8-4-6-10-7-5-9;1-8-10(3,9-2)6-4-5-7;1-5-6-9(4,7-2)8-3;1-5-9(6-2,7-3)8-4;1-5-8(4,6-2)7-3;1-5-7(3,4)6-2/h4-8H,1-3H3;10H,4-9H2,1-3H3;4-7H2,1-3H3;5H,1,6H2,2-4H3;5-6H,1-2H2,3-4H3;5H,1H2,2-4H3;1-4H3. The molecule has 0 atom stereocenters. The number of nitrogens with one attached hydrogen (secondary N) is 1. The fraction of sp³-hybridized carbons (Fsp3) is 0.682. The van der Waals surface area contributed by atoms with E-state index in [1.54, 1.807) is 117 Å². The molecule has 0 aromatic heterocycles. The van der Waals surface area contributed by atoms with Crippen LogP contribution in [0.4, 0.5) is 0 Å². The summed E-state index contributed by atoms with van der Waals surface area (Å²) in [5.74, 6) is 0. The van der Waals surface area contributed by atoms with Gasteiger partial charge in [-0.2, -0.15) is 0 Å². The molecule has 1 aromatic carbocycles. The van der Waals surface area contributed by atoms with E-state index >= 15 is 0 Å². The zero-order valence-electron chi connectivity index (χ0n) is 46.8. The van der Waals surface area contributed by atoms with Crippen molar-refractivity contribution in [3.63, 3.8) is 0 Å². The second-order valence-electron chi connectivity index (χ2n) is 15.3. The van der Waals surface area contributed by atoms with E-state index in [4.69, 9.17) is 73.4 Å². The van der Waals surface area contributed by atoms with Gasteiger partial charge >= 0.3 is 59.9 Å². The van der Waals surface area contributed by atoms with Crippen molar-refractivity contribution in [2.24, 2.45) is 11.5 Å². The molecule has 0 saturated carbocycles. The number of allylic oxidation sites excluding steroid dienone is 1. The summed E-state index contributed by atoms with van der Waals surface area (Å²) in [4.78, 5) is 0. The molecule has 0 amide bonds. The number of hydrogen-bond acceptors (Lipinski definition) is 17. The van der Waals surface area contributed by atoms with E-state index in [9.17, 15) is 0 Å². The largest absolute Gasteiger partial charge is 0.398 e. The molecule has 0 aliphatic carbocycles. The Labute approximate surface area is 424 Å². The zero-order valence-corrected chi connectivity index (χ0v) is 53.8. The average Bonchev–Trinajstić information content (AvgIpc) is 3.39. The van der Waals surface area contributed by atoms with E-state index < -0.39 is 59.9 Å². The molecule has 0 aliphatic rings. The Morgan fingerprint density at radius 2 is 0.853 bits per heavy atom. The lowest BCUT2D eigenvalue weighted by molar-refractivity contribution is 0.248. The number of nitrogens with two attached hydrogens (primary N) is 2. The summed E-state index contributed by atoms with van der Waals surface area (Å²) in [5.41, 5.74) is 15.8. The van der Waals surface area contributed by atoms with E-state index in [1.807, 2.05) is 75.7 Å². The third-order valence-corrected chi connectivity index (χ3v) is 29.1. The predicted octanol–water partition coefficient (Wildman–Crippen LogP) is 7.01. The van der Waals surface area contributed by atoms with Crippen LogP contribution in [0.2, 0.25) is 64.0 Å². The highest BCUT2D eigenvalue weighted by atomic mass is 28.4. The van der Waals surface area contributed by atoms with Crippen molar-refractivity contribution in [3.8, 4) is 0 Å². The minimum atomic E-state index is -2.16. The SMILES string of the molecule is C=CC[Si](C)(OC)OC.C=C[Si](C)(OC)OC.C=C[Si](C=C)(OC)OC.CO[Si](C)(C)OC.CO[Si](C)(CCCN)OC.CO[Si](C)(CCCNCCN)OC.CO[Si](C)(OC)c1ccccc1. The maximum Gasteiger partial charge on any atom is 0.390 e. The van der Waals surface area contributed by atoms with Crippen LogP contribution in [0.5, 0.6) is 0 Å². The van der Waals surface area contributed by atoms with Crippen LogP contribution in [0.3, 0.4) is 0 Å². The molecule has 0 unspecified atom stereocenters. The Bertz CT molecular complexity index is 1280. The van der Waals surface area contributed by atoms with E-state index in [-0.39, 0.29) is 0 Å². The molecule has 0 heterocycles. The molecule has 0 radical (unpaired) electrons. The van der Waals surface area contributed by atoms with Crippen LogP contribution in [0.25, 0.3) is 0 Å². The summed E-state index contributed by atoms with van der Waals surface area (Å²) in [7, 11) is 10.2. The van der Waals surface area contributed by atoms with Gasteiger partial charge in [-0.25, -0.2) is 0 Å². The van der Waals surface area contributed by atoms with Gasteiger partial charge in [-0.05, 0) is 106 Å². The maximum atomic E-state index is 5.39. The summed E-state index contributed by atoms with van der Waals surface area (Å²) < 4.78 is 72.5. The lowest BCUT2D eigenvalue weighted by atomic mass is 10.4. The molecule has 0 bridgehead atoms. The van der Waals surface area contributed by atoms with Gasteiger partial charge in [0.2, 0.25) is 0 Å². The van der Waals surface area contributed by atoms with Crippen LogP contribution in [-0.4, -0.2) is 186 Å². The van der Waals surface area contributed by atoms with Gasteiger partial charge in [0.25, 0.3) is 0 Å². The summed E-state index contributed by atoms with van der Waals surface area (Å²) in [6.45, 7) is 31.7. The second kappa shape index (κ2) is 47.0. The Hall–Kier alpha value is -0.982. The fourth-order valence-corrected chi connectivity index (χ4v) is 11.1. The van der Waals surface area contributed by atoms with Crippen LogP contribution >= 0.6 is 0 Å². The number of hydrogen-bond donors (Lipinski definition) is 3. The zero-order chi connectivity index (χ0) is 54.4. The van der Waals surface area contributed by atoms with Gasteiger partial charge in [-0.15, -0.1) is 26.3 Å². The average molecular weight is 1090 g/mol. The first-order chi connectivity index (χ1) is 31.8. The number of benzene rings is 1. The maximum absolute atomic E-state index is 5.39. The van der Waals surface area contributed by atoms with Gasteiger partial charge < -0.3 is 78.7 Å². The quantitative estimate of drug-likeness (QED) is 0.0421. The summed E-state index contributed by atoms with van der Waals surface area (Å²) >= 11 is 0. The summed E-state index contributed by atoms with van der Waals surface area (Å²) in [5, 5.41) is 4.40. The van der Waals surface area contributed by atoms with Gasteiger partial charge in [-0.3, -0.25) is 0 Å². The molecule has 68 heavy (non-hydrogen) atoms. The van der Waals surface area contributed by atoms with E-state index in [0.29, 0.717) is 6.54 Å². The minimum absolute atomic E-state index is 0.698. The van der Waals surface area contributed by atoms with E-state index in [2.05, 4.69) is 38.2 Å². The first kappa shape index (κ1) is 78.5. The summed E-state index contributed by atoms with van der Waals surface area (Å²) in [6.07, 6.45) is 3.91. The Balaban J connectivity index is -0.000000166. The molecule has 17 nitrogen and oxygen atoms in total. The predicted molar refractivity (Wildman–Crippen MR) is 301 cm³/mol. The smallest absolute Gasteiger partial charge is 0.390 e. The Morgan fingerprint density at radius 3 is 1.06 bits per heavy atom. The first-order valence-corrected chi connectivity index (χ1v) is 39.3. The third-order valence-electron chi connectivity index (χ3n) is 10.7. The summed E-state index contributed by atoms with van der Waals surface area (Å²) in [6, 6.07) is 12.9. The molecule has 1 rings (SSSR count). The molecular formula is C44H103N3O14Si7. The molecule has 0 aliphatic heterocycles. The molecule has 24 heteroatoms. The van der Waals surface area contributed by atoms with Crippen LogP contribution in [0, 0.1) is 0 Å². The molecular weight excluding hydrogens is 991 g/mol. The highest BCUT2D eigenvalue weighted by molar-refractivity contribution is 6.80. The van der Waals surface area contributed by atoms with Crippen molar-refractivity contribution >= 4 is 65.1 Å². The van der Waals surface area contributed by atoms with Gasteiger partial charge in [0.05, 0.1) is 0 Å². The number of rotatable bonds is 29. The topological polar surface area (TPSA) is 193 Å². The van der Waals surface area contributed by atoms with Crippen LogP contribution in [-0.2, 0) is 62.0 Å². The lowest BCUT2D eigenvalue weighted by Gasteiger charge is -2.22. The normalized spacial score (nSPS) is 11.6. The molecule has 5 N–H and O–H groups in total. The highest BCUT2D eigenvalue weighted by Gasteiger charge is 2.31. The monoisotopic (exact) mass is 1090 g/mol. The Morgan fingerprint density at radius 1 is 0.456 bits per heavy atom. The molecule has 0 saturated heterocycles. The van der Waals surface area contributed by atoms with Crippen LogP contribution in [0.1, 0.15) is 12.8 Å². The van der Waals surface area contributed by atoms with E-state index in [0.717, 1.165) is 55.8 Å². The van der Waals surface area contributed by atoms with Gasteiger partial charge in [0, 0.05) is 119 Å². The second-order valence-corrected chi connectivity index (χ2v) is 39.2. The molecule has 406 valence electrons. The lowest BCUT2D eigenvalue weighted by Crippen LogP contribution is -2.49. The van der Waals surface area contributed by atoms with Crippen LogP contribution in [0.15, 0.2) is 79.8 Å². The minimum Gasteiger partial charge on any atom is -0.398 e. The fourth-order valence-electron chi connectivity index (χ4n) is 4.17. The molecule has 1 aromatic rings. The van der Waals surface area contributed by atoms with Crippen molar-refractivity contribution in [1.82, 2.24) is 5.32 Å². The van der Waals surface area contributed by atoms with Crippen molar-refractivity contribution in [2.75, 3.05) is 126 Å². The van der Waals surface area contributed by atoms with Crippen molar-refractivity contribution in [2.45, 2.75) is 76.8 Å². The van der Waals surface area contributed by atoms with Gasteiger partial charge in [0.1, 0.15) is 0 Å². The van der Waals surface area contributed by atoms with Gasteiger partial charge in [-0.1, -0.05) is 36.4 Å². The van der Waals surface area contributed by atoms with Crippen LogP contribution < -0.4 is 22.0 Å². The first-order valence-electron chi connectivity index (χ1n) is 22.2. The van der Waals surface area contributed by atoms with Crippen molar-refractivity contribution in [3.05, 3.63) is 79.8 Å². The van der Waals surface area contributed by atoms with Crippen molar-refractivity contribution in [1.29, 1.82) is 0 Å². The van der Waals surface area contributed by atoms with Crippen molar-refractivity contribution < 1.29 is 62.0 Å². The Kier molecular flexibility index (Phi) is 54.3. The highest BCUT2D eigenvalue weighted by Crippen LogP contribution is 2.14. The van der Waals surface area contributed by atoms with Gasteiger partial charge in [0.15, 0.2) is 0 Å². The van der Waals surface area contributed by atoms with E-state index in [1.165, 1.54) is 0 Å². The molecule has 0 fully saturated rings. The molecule has 0 spiro atoms.